The molecule has 2 aromatic carbocycles. The van der Waals surface area contributed by atoms with Crippen molar-refractivity contribution < 1.29 is 26.5 Å². The zero-order chi connectivity index (χ0) is 27.7. The van der Waals surface area contributed by atoms with Crippen LogP contribution in [-0.4, -0.2) is 48.7 Å². The van der Waals surface area contributed by atoms with Gasteiger partial charge in [-0.2, -0.15) is 4.31 Å². The van der Waals surface area contributed by atoms with Gasteiger partial charge in [-0.05, 0) is 62.6 Å². The highest BCUT2D eigenvalue weighted by molar-refractivity contribution is 8.00. The molecular formula is C28H29F2N3O4S2. The average Bonchev–Trinajstić information content (AvgIpc) is 3.20. The van der Waals surface area contributed by atoms with Crippen molar-refractivity contribution in [2.24, 2.45) is 5.92 Å². The number of hydrogen-bond acceptors (Lipinski definition) is 6. The minimum atomic E-state index is -3.99. The van der Waals surface area contributed by atoms with Gasteiger partial charge in [-0.25, -0.2) is 17.2 Å². The van der Waals surface area contributed by atoms with Crippen LogP contribution in [0.15, 0.2) is 56.8 Å². The van der Waals surface area contributed by atoms with E-state index in [0.29, 0.717) is 24.6 Å². The molecule has 1 aromatic heterocycles. The van der Waals surface area contributed by atoms with E-state index in [2.05, 4.69) is 12.1 Å². The van der Waals surface area contributed by atoms with Gasteiger partial charge < -0.3 is 9.42 Å². The van der Waals surface area contributed by atoms with E-state index in [1.807, 2.05) is 29.2 Å². The van der Waals surface area contributed by atoms with Crippen LogP contribution in [0.4, 0.5) is 14.5 Å². The third kappa shape index (κ3) is 5.66. The molecule has 0 saturated carbocycles. The Kier molecular flexibility index (Phi) is 7.93. The Morgan fingerprint density at radius 1 is 1.08 bits per heavy atom. The minimum Gasteiger partial charge on any atom is -0.355 e. The number of aromatic nitrogens is 1. The lowest BCUT2D eigenvalue weighted by Crippen LogP contribution is -2.45. The van der Waals surface area contributed by atoms with Gasteiger partial charge in [-0.3, -0.25) is 4.79 Å². The number of aryl methyl sites for hydroxylation is 1. The summed E-state index contributed by atoms with van der Waals surface area (Å²) in [4.78, 5) is 16.4. The fourth-order valence-electron chi connectivity index (χ4n) is 5.01. The number of sulfonamides is 1. The first kappa shape index (κ1) is 27.5. The van der Waals surface area contributed by atoms with Crippen LogP contribution >= 0.6 is 11.8 Å². The van der Waals surface area contributed by atoms with E-state index < -0.39 is 21.7 Å². The van der Waals surface area contributed by atoms with Crippen molar-refractivity contribution >= 4 is 45.5 Å². The molecule has 1 unspecified atom stereocenters. The quantitative estimate of drug-likeness (QED) is 0.387. The topological polar surface area (TPSA) is 83.7 Å². The zero-order valence-corrected chi connectivity index (χ0v) is 23.3. The average molecular weight is 574 g/mol. The van der Waals surface area contributed by atoms with Crippen molar-refractivity contribution in [1.29, 1.82) is 0 Å². The Hall–Kier alpha value is -3.02. The van der Waals surface area contributed by atoms with Crippen molar-refractivity contribution in [3.8, 4) is 0 Å². The number of piperidine rings is 1. The van der Waals surface area contributed by atoms with Crippen molar-refractivity contribution in [2.75, 3.05) is 24.5 Å². The number of para-hydroxylation sites is 1. The number of carbonyl (C=O) groups excluding carboxylic acids is 1. The maximum absolute atomic E-state index is 14.0. The smallest absolute Gasteiger partial charge is 0.248 e. The van der Waals surface area contributed by atoms with E-state index in [1.54, 1.807) is 11.8 Å². The summed E-state index contributed by atoms with van der Waals surface area (Å²) in [5.41, 5.74) is 1.18. The SMILES string of the molecule is Cc1noc(C=Cc2ccc(F)cc2F)c1S(=O)(=O)N1CCC(C(=O)N2CCC(C)Sc3ccccc32)CC1. The molecule has 3 heterocycles. The number of hydrogen-bond donors (Lipinski definition) is 0. The van der Waals surface area contributed by atoms with Crippen LogP contribution < -0.4 is 4.90 Å². The third-order valence-electron chi connectivity index (χ3n) is 7.12. The van der Waals surface area contributed by atoms with E-state index in [4.69, 9.17) is 4.52 Å². The molecule has 0 N–H and O–H groups in total. The fraction of sp³-hybridized carbons (Fsp3) is 0.357. The summed E-state index contributed by atoms with van der Waals surface area (Å²) in [5.74, 6) is -1.78. The second kappa shape index (κ2) is 11.2. The Morgan fingerprint density at radius 3 is 2.56 bits per heavy atom. The molecule has 2 aliphatic heterocycles. The van der Waals surface area contributed by atoms with Crippen LogP contribution in [0.25, 0.3) is 12.2 Å². The van der Waals surface area contributed by atoms with Crippen LogP contribution in [0.3, 0.4) is 0 Å². The molecule has 1 fully saturated rings. The standard InChI is InChI=1S/C28H29F2N3O4S2/c1-18-11-16-33(24-5-3-4-6-26(24)38-18)28(34)21-12-14-32(15-13-21)39(35,36)27-19(2)31-37-25(27)10-8-20-7-9-22(29)17-23(20)30/h3-10,17-18,21H,11-16H2,1-2H3. The number of thioether (sulfide) groups is 1. The number of amides is 1. The lowest BCUT2D eigenvalue weighted by molar-refractivity contribution is -0.123. The molecule has 7 nitrogen and oxygen atoms in total. The van der Waals surface area contributed by atoms with Gasteiger partial charge in [0.25, 0.3) is 0 Å². The molecule has 39 heavy (non-hydrogen) atoms. The van der Waals surface area contributed by atoms with Gasteiger partial charge in [-0.15, -0.1) is 11.8 Å². The molecule has 0 radical (unpaired) electrons. The van der Waals surface area contributed by atoms with Crippen LogP contribution in [0.1, 0.15) is 43.2 Å². The van der Waals surface area contributed by atoms with Gasteiger partial charge in [0.2, 0.25) is 15.9 Å². The minimum absolute atomic E-state index is 0.0281. The Labute approximate surface area is 230 Å². The number of halogens is 2. The van der Waals surface area contributed by atoms with Gasteiger partial charge in [0, 0.05) is 47.3 Å². The molecule has 3 aromatic rings. The summed E-state index contributed by atoms with van der Waals surface area (Å²) < 4.78 is 61.1. The lowest BCUT2D eigenvalue weighted by Gasteiger charge is -2.33. The summed E-state index contributed by atoms with van der Waals surface area (Å²) in [7, 11) is -3.99. The molecule has 2 aliphatic rings. The maximum atomic E-state index is 14.0. The predicted octanol–water partition coefficient (Wildman–Crippen LogP) is 5.75. The molecule has 0 aliphatic carbocycles. The van der Waals surface area contributed by atoms with Gasteiger partial charge in [0.15, 0.2) is 10.7 Å². The first-order chi connectivity index (χ1) is 18.6. The second-order valence-corrected chi connectivity index (χ2v) is 13.2. The summed E-state index contributed by atoms with van der Waals surface area (Å²) in [6, 6.07) is 11.0. The van der Waals surface area contributed by atoms with E-state index in [0.717, 1.165) is 29.1 Å². The van der Waals surface area contributed by atoms with Crippen molar-refractivity contribution in [2.45, 2.75) is 48.2 Å². The second-order valence-electron chi connectivity index (χ2n) is 9.81. The van der Waals surface area contributed by atoms with Crippen molar-refractivity contribution in [1.82, 2.24) is 9.46 Å². The Morgan fingerprint density at radius 2 is 1.82 bits per heavy atom. The lowest BCUT2D eigenvalue weighted by atomic mass is 9.96. The van der Waals surface area contributed by atoms with Crippen LogP contribution in [0.2, 0.25) is 0 Å². The van der Waals surface area contributed by atoms with E-state index in [1.165, 1.54) is 29.4 Å². The molecule has 5 rings (SSSR count). The first-order valence-corrected chi connectivity index (χ1v) is 15.1. The highest BCUT2D eigenvalue weighted by atomic mass is 32.2. The Bertz CT molecular complexity index is 1510. The van der Waals surface area contributed by atoms with Crippen LogP contribution in [0, 0.1) is 24.5 Å². The Balaban J connectivity index is 1.31. The molecule has 0 bridgehead atoms. The molecule has 206 valence electrons. The van der Waals surface area contributed by atoms with Crippen molar-refractivity contribution in [3.05, 3.63) is 71.1 Å². The predicted molar refractivity (Wildman–Crippen MR) is 147 cm³/mol. The highest BCUT2D eigenvalue weighted by Crippen LogP contribution is 2.39. The summed E-state index contributed by atoms with van der Waals surface area (Å²) in [6.45, 7) is 4.68. The number of fused-ring (bicyclic) bond motifs is 1. The fourth-order valence-corrected chi connectivity index (χ4v) is 7.84. The maximum Gasteiger partial charge on any atom is 0.248 e. The van der Waals surface area contributed by atoms with E-state index in [9.17, 15) is 22.0 Å². The number of anilines is 1. The van der Waals surface area contributed by atoms with E-state index in [-0.39, 0.29) is 46.8 Å². The first-order valence-electron chi connectivity index (χ1n) is 12.8. The molecular weight excluding hydrogens is 544 g/mol. The molecule has 1 atom stereocenters. The zero-order valence-electron chi connectivity index (χ0n) is 21.6. The largest absolute Gasteiger partial charge is 0.355 e. The van der Waals surface area contributed by atoms with Gasteiger partial charge in [0.05, 0.1) is 5.69 Å². The molecule has 11 heteroatoms. The summed E-state index contributed by atoms with van der Waals surface area (Å²) in [6.07, 6.45) is 4.31. The van der Waals surface area contributed by atoms with Crippen LogP contribution in [-0.2, 0) is 14.8 Å². The monoisotopic (exact) mass is 573 g/mol. The van der Waals surface area contributed by atoms with Gasteiger partial charge in [0.1, 0.15) is 17.3 Å². The molecule has 1 saturated heterocycles. The number of rotatable bonds is 5. The van der Waals surface area contributed by atoms with Crippen LogP contribution in [0.5, 0.6) is 0 Å². The number of carbonyl (C=O) groups is 1. The van der Waals surface area contributed by atoms with Crippen molar-refractivity contribution in [3.63, 3.8) is 0 Å². The number of nitrogens with zero attached hydrogens (tertiary/aromatic N) is 3. The molecule has 0 spiro atoms. The molecule has 1 amide bonds. The third-order valence-corrected chi connectivity index (χ3v) is 10.4. The number of benzene rings is 2. The highest BCUT2D eigenvalue weighted by Gasteiger charge is 2.38. The normalized spacial score (nSPS) is 19.3. The summed E-state index contributed by atoms with van der Waals surface area (Å²) >= 11 is 1.77. The summed E-state index contributed by atoms with van der Waals surface area (Å²) in [5, 5.41) is 4.21. The van der Waals surface area contributed by atoms with Gasteiger partial charge >= 0.3 is 0 Å². The van der Waals surface area contributed by atoms with E-state index >= 15 is 0 Å². The van der Waals surface area contributed by atoms with Gasteiger partial charge in [-0.1, -0.05) is 24.2 Å².